The summed E-state index contributed by atoms with van der Waals surface area (Å²) in [4.78, 5) is 18.7. The third kappa shape index (κ3) is 3.90. The van der Waals surface area contributed by atoms with Gasteiger partial charge in [-0.25, -0.2) is 19.9 Å². The Morgan fingerprint density at radius 2 is 0.927 bits per heavy atom. The number of para-hydroxylation sites is 2. The van der Waals surface area contributed by atoms with Gasteiger partial charge >= 0.3 is 0 Å². The van der Waals surface area contributed by atoms with E-state index in [0.717, 1.165) is 66.6 Å². The molecule has 6 aromatic heterocycles. The molecule has 0 unspecified atom stereocenters. The van der Waals surface area contributed by atoms with Crippen molar-refractivity contribution >= 4 is 44.1 Å². The van der Waals surface area contributed by atoms with Crippen molar-refractivity contribution in [1.82, 2.24) is 19.9 Å². The summed E-state index contributed by atoms with van der Waals surface area (Å²) in [6.07, 6.45) is 0. The number of rotatable bonds is 4. The Kier molecular flexibility index (Phi) is 5.12. The molecule has 0 aliphatic carbocycles. The van der Waals surface area contributed by atoms with E-state index in [-0.39, 0.29) is 0 Å². The number of fused-ring (bicyclic) bond motifs is 6. The zero-order valence-electron chi connectivity index (χ0n) is 22.3. The van der Waals surface area contributed by atoms with Gasteiger partial charge in [0.1, 0.15) is 11.2 Å². The smallest absolute Gasteiger partial charge is 0.227 e. The second-order valence-electron chi connectivity index (χ2n) is 10.0. The summed E-state index contributed by atoms with van der Waals surface area (Å²) in [5, 5.41) is 3.95. The average Bonchev–Trinajstić information content (AvgIpc) is 3.54. The topological polar surface area (TPSA) is 87.1 Å². The average molecular weight is 535 g/mol. The van der Waals surface area contributed by atoms with E-state index in [1.54, 1.807) is 0 Å². The number of ether oxygens (including phenoxy) is 1. The van der Waals surface area contributed by atoms with E-state index in [4.69, 9.17) is 23.5 Å². The van der Waals surface area contributed by atoms with Crippen molar-refractivity contribution in [3.05, 3.63) is 108 Å². The van der Waals surface area contributed by atoms with Gasteiger partial charge in [-0.05, 0) is 62.4 Å². The van der Waals surface area contributed by atoms with Crippen LogP contribution in [0.25, 0.3) is 66.7 Å². The summed E-state index contributed by atoms with van der Waals surface area (Å²) in [5.41, 5.74) is 7.73. The van der Waals surface area contributed by atoms with Crippen LogP contribution in [0.3, 0.4) is 0 Å². The Bertz CT molecular complexity index is 2120. The van der Waals surface area contributed by atoms with Crippen molar-refractivity contribution in [2.75, 3.05) is 0 Å². The Morgan fingerprint density at radius 3 is 1.41 bits per heavy atom. The Hall–Kier alpha value is -5.56. The van der Waals surface area contributed by atoms with Crippen molar-refractivity contribution in [2.24, 2.45) is 0 Å². The maximum Gasteiger partial charge on any atom is 0.227 e. The van der Waals surface area contributed by atoms with E-state index >= 15 is 0 Å². The van der Waals surface area contributed by atoms with E-state index in [9.17, 15) is 0 Å². The summed E-state index contributed by atoms with van der Waals surface area (Å²) in [7, 11) is 0. The summed E-state index contributed by atoms with van der Waals surface area (Å²) in [6, 6.07) is 31.5. The van der Waals surface area contributed by atoms with E-state index in [1.165, 1.54) is 0 Å². The van der Waals surface area contributed by atoms with Gasteiger partial charge in [-0.1, -0.05) is 36.4 Å². The first-order valence-corrected chi connectivity index (χ1v) is 13.3. The van der Waals surface area contributed by atoms with Gasteiger partial charge in [0.25, 0.3) is 0 Å². The summed E-state index contributed by atoms with van der Waals surface area (Å²) in [6.45, 7) is 3.90. The molecule has 8 aromatic rings. The highest BCUT2D eigenvalue weighted by Gasteiger charge is 2.16. The van der Waals surface area contributed by atoms with Crippen LogP contribution in [-0.4, -0.2) is 19.9 Å². The monoisotopic (exact) mass is 534 g/mol. The minimum atomic E-state index is 0.427. The molecule has 7 heteroatoms. The maximum absolute atomic E-state index is 6.19. The van der Waals surface area contributed by atoms with Gasteiger partial charge in [0.05, 0.1) is 11.4 Å². The second kappa shape index (κ2) is 8.99. The molecule has 0 bridgehead atoms. The van der Waals surface area contributed by atoms with Gasteiger partial charge in [-0.2, -0.15) is 0 Å². The number of hydrogen-bond donors (Lipinski definition) is 0. The van der Waals surface area contributed by atoms with Crippen molar-refractivity contribution in [1.29, 1.82) is 0 Å². The van der Waals surface area contributed by atoms with Crippen molar-refractivity contribution < 1.29 is 13.6 Å². The molecule has 0 N–H and O–H groups in total. The molecule has 2 aromatic carbocycles. The van der Waals surface area contributed by atoms with Crippen LogP contribution in [0.1, 0.15) is 11.4 Å². The van der Waals surface area contributed by atoms with E-state index < -0.39 is 0 Å². The first-order chi connectivity index (χ1) is 20.1. The molecule has 6 heterocycles. The minimum absolute atomic E-state index is 0.427. The Morgan fingerprint density at radius 1 is 0.463 bits per heavy atom. The number of nitrogens with zero attached hydrogens (tertiary/aromatic N) is 4. The third-order valence-corrected chi connectivity index (χ3v) is 7.22. The minimum Gasteiger partial charge on any atom is -0.437 e. The highest BCUT2D eigenvalue weighted by molar-refractivity contribution is 6.09. The lowest BCUT2D eigenvalue weighted by atomic mass is 10.1. The number of furan rings is 2. The fourth-order valence-electron chi connectivity index (χ4n) is 5.30. The van der Waals surface area contributed by atoms with Crippen LogP contribution in [0.4, 0.5) is 0 Å². The van der Waals surface area contributed by atoms with Gasteiger partial charge < -0.3 is 13.6 Å². The first kappa shape index (κ1) is 23.3. The van der Waals surface area contributed by atoms with Crippen molar-refractivity contribution in [2.45, 2.75) is 13.8 Å². The lowest BCUT2D eigenvalue weighted by molar-refractivity contribution is 0.446. The van der Waals surface area contributed by atoms with Crippen LogP contribution in [0, 0.1) is 13.8 Å². The molecular weight excluding hydrogens is 512 g/mol. The second-order valence-corrected chi connectivity index (χ2v) is 10.0. The van der Waals surface area contributed by atoms with Gasteiger partial charge in [0.15, 0.2) is 0 Å². The normalized spacial score (nSPS) is 11.7. The van der Waals surface area contributed by atoms with Gasteiger partial charge in [0.2, 0.25) is 23.2 Å². The van der Waals surface area contributed by atoms with Crippen LogP contribution in [0.2, 0.25) is 0 Å². The number of aromatic nitrogens is 4. The molecule has 0 spiro atoms. The number of pyridine rings is 4. The molecule has 0 aliphatic heterocycles. The molecule has 41 heavy (non-hydrogen) atoms. The molecule has 0 amide bonds. The predicted molar refractivity (Wildman–Crippen MR) is 159 cm³/mol. The van der Waals surface area contributed by atoms with Crippen LogP contribution in [0.5, 0.6) is 11.8 Å². The fourth-order valence-corrected chi connectivity index (χ4v) is 5.30. The molecule has 0 fully saturated rings. The lowest BCUT2D eigenvalue weighted by Crippen LogP contribution is -1.94. The molecule has 0 saturated heterocycles. The number of aryl methyl sites for hydroxylation is 2. The van der Waals surface area contributed by atoms with Crippen LogP contribution in [0.15, 0.2) is 106 Å². The van der Waals surface area contributed by atoms with Gasteiger partial charge in [-0.15, -0.1) is 0 Å². The maximum atomic E-state index is 6.19. The van der Waals surface area contributed by atoms with Crippen molar-refractivity contribution in [3.8, 4) is 34.3 Å². The largest absolute Gasteiger partial charge is 0.437 e. The molecular formula is C34H22N4O3. The summed E-state index contributed by atoms with van der Waals surface area (Å²) < 4.78 is 18.5. The highest BCUT2D eigenvalue weighted by atomic mass is 16.5. The lowest BCUT2D eigenvalue weighted by Gasteiger charge is -2.08. The molecule has 0 saturated carbocycles. The summed E-state index contributed by atoms with van der Waals surface area (Å²) >= 11 is 0. The SMILES string of the molecule is Cc1ccc2c(n1)oc1c(-c3cccc(Oc4cccc(-c5cccc6c5oc5nc(C)ccc56)n4)n3)cccc12. The number of hydrogen-bond acceptors (Lipinski definition) is 7. The Balaban J connectivity index is 1.16. The van der Waals surface area contributed by atoms with E-state index in [0.29, 0.717) is 23.2 Å². The van der Waals surface area contributed by atoms with Crippen LogP contribution < -0.4 is 4.74 Å². The van der Waals surface area contributed by atoms with Crippen LogP contribution >= 0.6 is 0 Å². The Labute approximate surface area is 234 Å². The standard InChI is InChI=1S/C34H22N4O3/c1-19-15-17-23-21-7-3-9-25(31(21)40-33(23)35-19)27-11-5-13-29(37-27)39-30-14-6-12-28(38-30)26-10-4-8-22-24-18-16-20(2)36-34(24)41-32(22)26/h3-18H,1-2H3. The van der Waals surface area contributed by atoms with Crippen molar-refractivity contribution in [3.63, 3.8) is 0 Å². The fraction of sp³-hybridized carbons (Fsp3) is 0.0588. The molecule has 0 aliphatic rings. The predicted octanol–water partition coefficient (Wildman–Crippen LogP) is 8.81. The molecule has 8 rings (SSSR count). The number of benzene rings is 2. The molecule has 0 atom stereocenters. The summed E-state index contributed by atoms with van der Waals surface area (Å²) in [5.74, 6) is 0.853. The zero-order chi connectivity index (χ0) is 27.5. The van der Waals surface area contributed by atoms with Gasteiger partial charge in [-0.3, -0.25) is 0 Å². The van der Waals surface area contributed by atoms with E-state index in [2.05, 4.69) is 9.97 Å². The molecule has 0 radical (unpaired) electrons. The van der Waals surface area contributed by atoms with Gasteiger partial charge in [0, 0.05) is 56.2 Å². The molecule has 196 valence electrons. The zero-order valence-corrected chi connectivity index (χ0v) is 22.3. The first-order valence-electron chi connectivity index (χ1n) is 13.3. The van der Waals surface area contributed by atoms with Crippen LogP contribution in [-0.2, 0) is 0 Å². The van der Waals surface area contributed by atoms with E-state index in [1.807, 2.05) is 111 Å². The highest BCUT2D eigenvalue weighted by Crippen LogP contribution is 2.37. The molecule has 7 nitrogen and oxygen atoms in total. The quantitative estimate of drug-likeness (QED) is 0.223. The third-order valence-electron chi connectivity index (χ3n) is 7.22.